The smallest absolute Gasteiger partial charge is 0.245 e. The number of aryl methyl sites for hydroxylation is 1. The summed E-state index contributed by atoms with van der Waals surface area (Å²) in [6, 6.07) is 5.34. The lowest BCUT2D eigenvalue weighted by molar-refractivity contribution is -0.0446. The van der Waals surface area contributed by atoms with Gasteiger partial charge in [0, 0.05) is 31.2 Å². The minimum atomic E-state index is -3.68. The minimum absolute atomic E-state index is 0.0565. The highest BCUT2D eigenvalue weighted by atomic mass is 32.2. The van der Waals surface area contributed by atoms with Crippen LogP contribution in [0.25, 0.3) is 10.9 Å². The van der Waals surface area contributed by atoms with Crippen LogP contribution in [-0.4, -0.2) is 54.0 Å². The molecule has 2 N–H and O–H groups in total. The molecular formula is C20H27NO6S. The Morgan fingerprint density at radius 3 is 2.64 bits per heavy atom. The lowest BCUT2D eigenvalue weighted by atomic mass is 10.1. The monoisotopic (exact) mass is 409 g/mol. The van der Waals surface area contributed by atoms with E-state index in [1.807, 2.05) is 13.0 Å². The van der Waals surface area contributed by atoms with Crippen LogP contribution in [0.15, 0.2) is 36.5 Å². The van der Waals surface area contributed by atoms with Gasteiger partial charge >= 0.3 is 0 Å². The van der Waals surface area contributed by atoms with Gasteiger partial charge in [0.25, 0.3) is 0 Å². The second-order valence-electron chi connectivity index (χ2n) is 6.90. The third-order valence-electron chi connectivity index (χ3n) is 5.04. The van der Waals surface area contributed by atoms with Crippen LogP contribution < -0.4 is 4.74 Å². The third kappa shape index (κ3) is 4.25. The molecule has 2 atom stereocenters. The number of aliphatic hydroxyl groups is 2. The Hall–Kier alpha value is -1.87. The molecule has 1 heterocycles. The number of fused-ring (bicyclic) bond motifs is 1. The topological polar surface area (TPSA) is 98.0 Å². The zero-order chi connectivity index (χ0) is 20.3. The van der Waals surface area contributed by atoms with Gasteiger partial charge in [-0.1, -0.05) is 12.2 Å². The molecular weight excluding hydrogens is 382 g/mol. The molecule has 0 bridgehead atoms. The third-order valence-corrected chi connectivity index (χ3v) is 7.05. The predicted molar refractivity (Wildman–Crippen MR) is 107 cm³/mol. The fourth-order valence-corrected chi connectivity index (χ4v) is 5.27. The Labute approximate surface area is 165 Å². The lowest BCUT2D eigenvalue weighted by Crippen LogP contribution is -2.29. The van der Waals surface area contributed by atoms with Crippen molar-refractivity contribution < 1.29 is 28.1 Å². The summed E-state index contributed by atoms with van der Waals surface area (Å²) < 4.78 is 38.8. The maximum Gasteiger partial charge on any atom is 0.245 e. The van der Waals surface area contributed by atoms with Crippen molar-refractivity contribution in [1.82, 2.24) is 3.97 Å². The first kappa shape index (κ1) is 20.9. The number of hydrogen-bond donors (Lipinski definition) is 2. The van der Waals surface area contributed by atoms with Crippen molar-refractivity contribution in [1.29, 1.82) is 0 Å². The van der Waals surface area contributed by atoms with Crippen LogP contribution in [0.2, 0.25) is 0 Å². The van der Waals surface area contributed by atoms with Gasteiger partial charge in [0.1, 0.15) is 5.75 Å². The fourth-order valence-electron chi connectivity index (χ4n) is 3.56. The SMILES string of the molecule is CCOc1ccc2c(CCC(O)O)cn(S(=O)(=O)C3C=CC(OC)CC3)c2c1. The van der Waals surface area contributed by atoms with E-state index in [1.165, 1.54) is 3.97 Å². The molecule has 0 aliphatic heterocycles. The van der Waals surface area contributed by atoms with Gasteiger partial charge < -0.3 is 19.7 Å². The molecule has 0 radical (unpaired) electrons. The molecule has 7 nitrogen and oxygen atoms in total. The van der Waals surface area contributed by atoms with Gasteiger partial charge in [-0.15, -0.1) is 0 Å². The summed E-state index contributed by atoms with van der Waals surface area (Å²) in [7, 11) is -2.06. The van der Waals surface area contributed by atoms with Crippen LogP contribution in [0.1, 0.15) is 31.7 Å². The molecule has 154 valence electrons. The highest BCUT2D eigenvalue weighted by Gasteiger charge is 2.30. The Morgan fingerprint density at radius 2 is 2.04 bits per heavy atom. The number of hydrogen-bond acceptors (Lipinski definition) is 6. The first-order valence-corrected chi connectivity index (χ1v) is 11.0. The van der Waals surface area contributed by atoms with Gasteiger partial charge in [0.2, 0.25) is 10.0 Å². The minimum Gasteiger partial charge on any atom is -0.494 e. The van der Waals surface area contributed by atoms with E-state index in [4.69, 9.17) is 9.47 Å². The summed E-state index contributed by atoms with van der Waals surface area (Å²) in [6.45, 7) is 2.35. The summed E-state index contributed by atoms with van der Waals surface area (Å²) >= 11 is 0. The number of rotatable bonds is 8. The number of aromatic nitrogens is 1. The molecule has 1 aliphatic rings. The molecule has 3 rings (SSSR count). The molecule has 1 aromatic heterocycles. The van der Waals surface area contributed by atoms with Crippen molar-refractivity contribution in [3.05, 3.63) is 42.1 Å². The summed E-state index contributed by atoms with van der Waals surface area (Å²) in [5, 5.41) is 18.5. The Balaban J connectivity index is 2.06. The first-order chi connectivity index (χ1) is 13.4. The number of nitrogens with zero attached hydrogens (tertiary/aromatic N) is 1. The van der Waals surface area contributed by atoms with Crippen molar-refractivity contribution in [2.45, 2.75) is 50.3 Å². The first-order valence-electron chi connectivity index (χ1n) is 9.45. The molecule has 2 aromatic rings. The van der Waals surface area contributed by atoms with Crippen LogP contribution in [0.3, 0.4) is 0 Å². The number of methoxy groups -OCH3 is 1. The number of ether oxygens (including phenoxy) is 2. The molecule has 1 aliphatic carbocycles. The van der Waals surface area contributed by atoms with Crippen LogP contribution in [0.5, 0.6) is 5.75 Å². The summed E-state index contributed by atoms with van der Waals surface area (Å²) in [5.41, 5.74) is 1.29. The molecule has 0 fully saturated rings. The molecule has 1 aromatic carbocycles. The maximum absolute atomic E-state index is 13.3. The lowest BCUT2D eigenvalue weighted by Gasteiger charge is -2.22. The van der Waals surface area contributed by atoms with Gasteiger partial charge in [-0.25, -0.2) is 12.4 Å². The van der Waals surface area contributed by atoms with Gasteiger partial charge in [-0.2, -0.15) is 0 Å². The molecule has 2 unspecified atom stereocenters. The van der Waals surface area contributed by atoms with Crippen molar-refractivity contribution in [3.63, 3.8) is 0 Å². The predicted octanol–water partition coefficient (Wildman–Crippen LogP) is 2.19. The van der Waals surface area contributed by atoms with Gasteiger partial charge in [-0.3, -0.25) is 0 Å². The zero-order valence-electron chi connectivity index (χ0n) is 16.1. The summed E-state index contributed by atoms with van der Waals surface area (Å²) in [5.74, 6) is 0.594. The maximum atomic E-state index is 13.3. The average Bonchev–Trinajstić information content (AvgIpc) is 3.05. The summed E-state index contributed by atoms with van der Waals surface area (Å²) in [4.78, 5) is 0. The zero-order valence-corrected chi connectivity index (χ0v) is 16.9. The second kappa shape index (κ2) is 8.65. The Kier molecular flexibility index (Phi) is 6.44. The fraction of sp³-hybridized carbons (Fsp3) is 0.500. The quantitative estimate of drug-likeness (QED) is 0.512. The van der Waals surface area contributed by atoms with E-state index in [0.717, 1.165) is 10.9 Å². The van der Waals surface area contributed by atoms with Crippen LogP contribution in [0.4, 0.5) is 0 Å². The Morgan fingerprint density at radius 1 is 1.25 bits per heavy atom. The van der Waals surface area contributed by atoms with Crippen molar-refractivity contribution in [3.8, 4) is 5.75 Å². The largest absolute Gasteiger partial charge is 0.494 e. The second-order valence-corrected chi connectivity index (χ2v) is 8.93. The highest BCUT2D eigenvalue weighted by Crippen LogP contribution is 2.31. The molecule has 0 amide bonds. The van der Waals surface area contributed by atoms with E-state index in [-0.39, 0.29) is 12.5 Å². The molecule has 0 spiro atoms. The van der Waals surface area contributed by atoms with E-state index in [1.54, 1.807) is 37.6 Å². The number of benzene rings is 1. The standard InChI is InChI=1S/C20H27NO6S/c1-3-27-16-7-10-18-14(4-11-20(22)23)13-21(19(18)12-16)28(24,25)17-8-5-15(26-2)6-9-17/h5,7-8,10,12-13,15,17,20,22-23H,3-4,6,9,11H2,1-2H3. The van der Waals surface area contributed by atoms with Crippen LogP contribution in [-0.2, 0) is 21.2 Å². The molecule has 8 heteroatoms. The summed E-state index contributed by atoms with van der Waals surface area (Å²) in [6.07, 6.45) is 5.20. The van der Waals surface area contributed by atoms with E-state index < -0.39 is 21.6 Å². The van der Waals surface area contributed by atoms with Crippen molar-refractivity contribution in [2.75, 3.05) is 13.7 Å². The normalized spacial score (nSPS) is 20.2. The molecule has 0 saturated heterocycles. The number of aliphatic hydroxyl groups excluding tert-OH is 1. The Bertz CT molecular complexity index is 947. The van der Waals surface area contributed by atoms with Crippen LogP contribution >= 0.6 is 0 Å². The molecule has 0 saturated carbocycles. The molecule has 28 heavy (non-hydrogen) atoms. The van der Waals surface area contributed by atoms with E-state index in [2.05, 4.69) is 0 Å². The van der Waals surface area contributed by atoms with Gasteiger partial charge in [0.15, 0.2) is 6.29 Å². The highest BCUT2D eigenvalue weighted by molar-refractivity contribution is 7.90. The van der Waals surface area contributed by atoms with Gasteiger partial charge in [-0.05, 0) is 43.9 Å². The average molecular weight is 410 g/mol. The van der Waals surface area contributed by atoms with Crippen molar-refractivity contribution in [2.24, 2.45) is 0 Å². The van der Waals surface area contributed by atoms with E-state index in [9.17, 15) is 18.6 Å². The van der Waals surface area contributed by atoms with E-state index in [0.29, 0.717) is 37.1 Å². The van der Waals surface area contributed by atoms with Gasteiger partial charge in [0.05, 0.1) is 23.5 Å². The van der Waals surface area contributed by atoms with E-state index >= 15 is 0 Å². The van der Waals surface area contributed by atoms with Crippen molar-refractivity contribution >= 4 is 20.9 Å². The van der Waals surface area contributed by atoms with Crippen LogP contribution in [0, 0.1) is 0 Å².